The molecule has 0 unspecified atom stereocenters. The average Bonchev–Trinajstić information content (AvgIpc) is 3.14. The molecule has 0 saturated carbocycles. The molecule has 314 valence electrons. The molecule has 0 aromatic carbocycles. The van der Waals surface area contributed by atoms with E-state index in [1.807, 2.05) is 0 Å². The number of ether oxygens (including phenoxy) is 3. The smallest absolute Gasteiger partial charge is 0.220 e. The van der Waals surface area contributed by atoms with Gasteiger partial charge in [0.25, 0.3) is 0 Å². The third-order valence-corrected chi connectivity index (χ3v) is 12.4. The summed E-state index contributed by atoms with van der Waals surface area (Å²) in [6.45, 7) is 1.92. The molecule has 0 radical (unpaired) electrons. The largest absolute Gasteiger partial charge is 0.394 e. The van der Waals surface area contributed by atoms with Gasteiger partial charge in [-0.2, -0.15) is 0 Å². The molecule has 0 aromatic rings. The van der Waals surface area contributed by atoms with Crippen LogP contribution in [0.25, 0.3) is 0 Å². The molecule has 1 amide bonds. The van der Waals surface area contributed by atoms with E-state index < -0.39 is 65.4 Å². The number of amides is 1. The second-order valence-electron chi connectivity index (χ2n) is 15.4. The summed E-state index contributed by atoms with van der Waals surface area (Å²) in [4.78, 5) is 12.9. The summed E-state index contributed by atoms with van der Waals surface area (Å²) in [5.41, 5.74) is 0. The first-order chi connectivity index (χ1) is 25.5. The van der Waals surface area contributed by atoms with Crippen molar-refractivity contribution in [3.63, 3.8) is 0 Å². The SMILES string of the molecule is CCCCCCCCCCCCCC[C@@H](O)[C@@H](O)[C@H](CO[C@H]1O[C@H](CO)[C@H](O)[C@H](O)[C@H]1O)NC(=O)CCCCCCCCCOC1CCS(=O)(=O)CC1. The Hall–Kier alpha value is -0.940. The monoisotopic (exact) mass is 782 g/mol. The minimum atomic E-state index is -2.88. The van der Waals surface area contributed by atoms with Gasteiger partial charge < -0.3 is 50.2 Å². The lowest BCUT2D eigenvalue weighted by Gasteiger charge is -2.40. The Bertz CT molecular complexity index is 1020. The summed E-state index contributed by atoms with van der Waals surface area (Å²) < 4.78 is 40.0. The number of hydrogen-bond donors (Lipinski definition) is 7. The lowest BCUT2D eigenvalue weighted by molar-refractivity contribution is -0.303. The summed E-state index contributed by atoms with van der Waals surface area (Å²) in [6, 6.07) is -1.03. The molecule has 53 heavy (non-hydrogen) atoms. The van der Waals surface area contributed by atoms with Crippen molar-refractivity contribution in [2.75, 3.05) is 31.3 Å². The van der Waals surface area contributed by atoms with Gasteiger partial charge in [-0.1, -0.05) is 116 Å². The molecular weight excluding hydrogens is 706 g/mol. The zero-order valence-corrected chi connectivity index (χ0v) is 33.4. The molecule has 2 heterocycles. The number of rotatable bonds is 31. The molecule has 0 aliphatic carbocycles. The fraction of sp³-hybridized carbons (Fsp3) is 0.974. The van der Waals surface area contributed by atoms with Gasteiger partial charge in [0.05, 0.1) is 43.0 Å². The maximum atomic E-state index is 12.9. The van der Waals surface area contributed by atoms with Crippen molar-refractivity contribution in [1.29, 1.82) is 0 Å². The number of aliphatic hydroxyl groups is 6. The molecule has 0 spiro atoms. The van der Waals surface area contributed by atoms with Crippen LogP contribution in [0, 0.1) is 0 Å². The average molecular weight is 782 g/mol. The zero-order valence-electron chi connectivity index (χ0n) is 32.5. The molecule has 2 saturated heterocycles. The van der Waals surface area contributed by atoms with E-state index in [-0.39, 0.29) is 36.5 Å². The van der Waals surface area contributed by atoms with Crippen LogP contribution in [-0.2, 0) is 28.8 Å². The molecule has 8 atom stereocenters. The third kappa shape index (κ3) is 20.7. The van der Waals surface area contributed by atoms with Gasteiger partial charge in [0, 0.05) is 13.0 Å². The minimum absolute atomic E-state index is 0.0483. The summed E-state index contributed by atoms with van der Waals surface area (Å²) in [6.07, 6.45) is 12.6. The van der Waals surface area contributed by atoms with Gasteiger partial charge in [-0.3, -0.25) is 4.79 Å². The molecule has 0 bridgehead atoms. The van der Waals surface area contributed by atoms with Crippen molar-refractivity contribution in [3.05, 3.63) is 0 Å². The molecular formula is C39H75NO12S. The van der Waals surface area contributed by atoms with E-state index in [1.165, 1.54) is 51.4 Å². The van der Waals surface area contributed by atoms with Crippen LogP contribution in [-0.4, -0.2) is 131 Å². The topological polar surface area (TPSA) is 212 Å². The zero-order chi connectivity index (χ0) is 38.9. The van der Waals surface area contributed by atoms with Gasteiger partial charge >= 0.3 is 0 Å². The first-order valence-corrected chi connectivity index (χ1v) is 22.7. The van der Waals surface area contributed by atoms with Gasteiger partial charge in [0.2, 0.25) is 5.91 Å². The van der Waals surface area contributed by atoms with E-state index in [0.29, 0.717) is 32.3 Å². The lowest BCUT2D eigenvalue weighted by Crippen LogP contribution is -2.60. The van der Waals surface area contributed by atoms with Crippen LogP contribution in [0.1, 0.15) is 155 Å². The van der Waals surface area contributed by atoms with Crippen molar-refractivity contribution in [1.82, 2.24) is 5.32 Å². The van der Waals surface area contributed by atoms with Crippen LogP contribution in [0.3, 0.4) is 0 Å². The summed E-state index contributed by atoms with van der Waals surface area (Å²) >= 11 is 0. The molecule has 2 aliphatic heterocycles. The van der Waals surface area contributed by atoms with Crippen molar-refractivity contribution in [2.45, 2.75) is 210 Å². The van der Waals surface area contributed by atoms with Crippen LogP contribution in [0.15, 0.2) is 0 Å². The van der Waals surface area contributed by atoms with Crippen molar-refractivity contribution in [2.24, 2.45) is 0 Å². The summed E-state index contributed by atoms with van der Waals surface area (Å²) in [5.74, 6) is 0.125. The number of unbranched alkanes of at least 4 members (excludes halogenated alkanes) is 17. The first kappa shape index (κ1) is 48.2. The fourth-order valence-electron chi connectivity index (χ4n) is 7.10. The molecule has 2 aliphatic rings. The molecule has 0 aromatic heterocycles. The molecule has 2 rings (SSSR count). The highest BCUT2D eigenvalue weighted by Crippen LogP contribution is 2.23. The number of carbonyl (C=O) groups is 1. The lowest BCUT2D eigenvalue weighted by atomic mass is 9.98. The Morgan fingerprint density at radius 2 is 1.26 bits per heavy atom. The fourth-order valence-corrected chi connectivity index (χ4v) is 8.55. The highest BCUT2D eigenvalue weighted by molar-refractivity contribution is 7.91. The number of nitrogens with one attached hydrogen (secondary N) is 1. The third-order valence-electron chi connectivity index (χ3n) is 10.7. The van der Waals surface area contributed by atoms with E-state index in [4.69, 9.17) is 14.2 Å². The maximum Gasteiger partial charge on any atom is 0.220 e. The van der Waals surface area contributed by atoms with Crippen LogP contribution < -0.4 is 5.32 Å². The van der Waals surface area contributed by atoms with E-state index in [9.17, 15) is 43.9 Å². The predicted octanol–water partition coefficient (Wildman–Crippen LogP) is 3.82. The van der Waals surface area contributed by atoms with E-state index >= 15 is 0 Å². The minimum Gasteiger partial charge on any atom is -0.394 e. The molecule has 14 heteroatoms. The van der Waals surface area contributed by atoms with Gasteiger partial charge in [-0.25, -0.2) is 8.42 Å². The second kappa shape index (κ2) is 28.5. The highest BCUT2D eigenvalue weighted by atomic mass is 32.2. The van der Waals surface area contributed by atoms with Gasteiger partial charge in [-0.15, -0.1) is 0 Å². The number of carbonyl (C=O) groups excluding carboxylic acids is 1. The predicted molar refractivity (Wildman–Crippen MR) is 204 cm³/mol. The maximum absolute atomic E-state index is 12.9. The van der Waals surface area contributed by atoms with Crippen LogP contribution >= 0.6 is 0 Å². The quantitative estimate of drug-likeness (QED) is 0.0501. The summed E-state index contributed by atoms with van der Waals surface area (Å²) in [5, 5.41) is 64.9. The standard InChI is InChI=1S/C39H75NO12S/c1-2-3-4-5-6-7-8-9-10-12-15-18-21-32(42)35(44)31(29-51-39-38(47)37(46)36(45)33(28-41)52-39)40-34(43)22-19-16-13-11-14-17-20-25-50-30-23-26-53(48,49)27-24-30/h30-33,35-39,41-42,44-47H,2-29H2,1H3,(H,40,43)/t31-,32+,33+,35-,36-,37-,38+,39-/m0/s1. The van der Waals surface area contributed by atoms with Gasteiger partial charge in [0.15, 0.2) is 16.1 Å². The number of aliphatic hydroxyl groups excluding tert-OH is 6. The Balaban J connectivity index is 1.70. The van der Waals surface area contributed by atoms with E-state index in [2.05, 4.69) is 12.2 Å². The second-order valence-corrected chi connectivity index (χ2v) is 17.7. The van der Waals surface area contributed by atoms with Gasteiger partial charge in [-0.05, 0) is 32.1 Å². The Morgan fingerprint density at radius 3 is 1.83 bits per heavy atom. The molecule has 2 fully saturated rings. The first-order valence-electron chi connectivity index (χ1n) is 20.9. The Labute approximate surface area is 319 Å². The summed E-state index contributed by atoms with van der Waals surface area (Å²) in [7, 11) is -2.88. The normalized spacial score (nSPS) is 25.2. The van der Waals surface area contributed by atoms with Gasteiger partial charge in [0.1, 0.15) is 30.5 Å². The van der Waals surface area contributed by atoms with E-state index in [0.717, 1.165) is 64.2 Å². The van der Waals surface area contributed by atoms with Crippen molar-refractivity contribution < 1.29 is 58.1 Å². The molecule has 13 nitrogen and oxygen atoms in total. The van der Waals surface area contributed by atoms with Crippen molar-refractivity contribution in [3.8, 4) is 0 Å². The highest BCUT2D eigenvalue weighted by Gasteiger charge is 2.44. The number of sulfone groups is 1. The van der Waals surface area contributed by atoms with Crippen molar-refractivity contribution >= 4 is 15.7 Å². The van der Waals surface area contributed by atoms with Crippen LogP contribution in [0.2, 0.25) is 0 Å². The van der Waals surface area contributed by atoms with E-state index in [1.54, 1.807) is 0 Å². The van der Waals surface area contributed by atoms with Crippen LogP contribution in [0.4, 0.5) is 0 Å². The van der Waals surface area contributed by atoms with Crippen LogP contribution in [0.5, 0.6) is 0 Å². The Kier molecular flexibility index (Phi) is 25.9. The Morgan fingerprint density at radius 1 is 0.736 bits per heavy atom. The number of hydrogen-bond acceptors (Lipinski definition) is 12. The molecule has 7 N–H and O–H groups in total.